The molecule has 190 valence electrons. The summed E-state index contributed by atoms with van der Waals surface area (Å²) in [4.78, 5) is 12.4. The molecule has 0 spiro atoms. The van der Waals surface area contributed by atoms with Crippen LogP contribution in [0.2, 0.25) is 0 Å². The second-order valence-corrected chi connectivity index (χ2v) is 8.50. The van der Waals surface area contributed by atoms with E-state index in [1.165, 1.54) is 31.2 Å². The molecule has 0 aliphatic rings. The maximum atomic E-state index is 12.4. The zero-order valence-corrected chi connectivity index (χ0v) is 21.2. The van der Waals surface area contributed by atoms with E-state index in [1.807, 2.05) is 47.0 Å². The molecule has 1 aromatic heterocycles. The molecule has 37 heavy (non-hydrogen) atoms. The number of hydrogen-bond donors (Lipinski definition) is 2. The van der Waals surface area contributed by atoms with Crippen molar-refractivity contribution >= 4 is 23.9 Å². The van der Waals surface area contributed by atoms with Gasteiger partial charge in [0.2, 0.25) is 0 Å². The number of carbonyl (C=O) groups excluding carboxylic acids is 1. The van der Waals surface area contributed by atoms with Crippen LogP contribution in [-0.4, -0.2) is 59.1 Å². The number of hydrogen-bond acceptors (Lipinski definition) is 9. The minimum Gasteiger partial charge on any atom is -0.504 e. The van der Waals surface area contributed by atoms with Gasteiger partial charge in [-0.25, -0.2) is 5.43 Å². The predicted octanol–water partition coefficient (Wildman–Crippen LogP) is 3.91. The Morgan fingerprint density at radius 1 is 0.973 bits per heavy atom. The number of rotatable bonds is 10. The largest absolute Gasteiger partial charge is 0.504 e. The summed E-state index contributed by atoms with van der Waals surface area (Å²) in [6.07, 6.45) is 1.43. The van der Waals surface area contributed by atoms with Crippen LogP contribution in [0.1, 0.15) is 5.56 Å². The normalized spacial score (nSPS) is 10.9. The van der Waals surface area contributed by atoms with Gasteiger partial charge in [-0.1, -0.05) is 30.0 Å². The molecule has 3 aromatic carbocycles. The molecule has 0 saturated heterocycles. The van der Waals surface area contributed by atoms with Gasteiger partial charge in [0.05, 0.1) is 33.3 Å². The highest BCUT2D eigenvalue weighted by atomic mass is 32.2. The molecule has 11 heteroatoms. The first-order valence-corrected chi connectivity index (χ1v) is 12.1. The molecular weight excluding hydrogens is 494 g/mol. The van der Waals surface area contributed by atoms with E-state index in [-0.39, 0.29) is 17.4 Å². The fourth-order valence-electron chi connectivity index (χ4n) is 3.46. The number of nitrogens with one attached hydrogen (secondary N) is 1. The number of ether oxygens (including phenoxy) is 3. The molecule has 10 nitrogen and oxygen atoms in total. The van der Waals surface area contributed by atoms with Crippen molar-refractivity contribution in [3.63, 3.8) is 0 Å². The molecule has 2 N–H and O–H groups in total. The number of aromatic nitrogens is 3. The summed E-state index contributed by atoms with van der Waals surface area (Å²) in [5.41, 5.74) is 4.71. The second kappa shape index (κ2) is 12.0. The van der Waals surface area contributed by atoms with E-state index in [9.17, 15) is 9.90 Å². The maximum Gasteiger partial charge on any atom is 0.250 e. The highest BCUT2D eigenvalue weighted by molar-refractivity contribution is 7.99. The van der Waals surface area contributed by atoms with Crippen molar-refractivity contribution in [3.8, 4) is 40.1 Å². The van der Waals surface area contributed by atoms with Crippen molar-refractivity contribution in [1.82, 2.24) is 20.2 Å². The molecule has 4 rings (SSSR count). The van der Waals surface area contributed by atoms with E-state index in [4.69, 9.17) is 14.2 Å². The average Bonchev–Trinajstić information content (AvgIpc) is 3.36. The number of hydrazone groups is 1. The smallest absolute Gasteiger partial charge is 0.250 e. The van der Waals surface area contributed by atoms with Gasteiger partial charge in [-0.15, -0.1) is 10.2 Å². The molecule has 0 unspecified atom stereocenters. The van der Waals surface area contributed by atoms with E-state index < -0.39 is 0 Å². The number of amides is 1. The number of aromatic hydroxyl groups is 1. The Bertz CT molecular complexity index is 1410. The number of nitrogens with zero attached hydrogens (tertiary/aromatic N) is 4. The average molecular weight is 520 g/mol. The number of thioether (sulfide) groups is 1. The van der Waals surface area contributed by atoms with Crippen molar-refractivity contribution in [2.24, 2.45) is 5.10 Å². The van der Waals surface area contributed by atoms with Crippen molar-refractivity contribution in [2.75, 3.05) is 27.1 Å². The molecule has 0 aliphatic heterocycles. The summed E-state index contributed by atoms with van der Waals surface area (Å²) in [6.45, 7) is 0. The van der Waals surface area contributed by atoms with E-state index in [2.05, 4.69) is 20.7 Å². The van der Waals surface area contributed by atoms with Crippen LogP contribution in [0.3, 0.4) is 0 Å². The minimum atomic E-state index is -0.325. The molecule has 1 heterocycles. The second-order valence-electron chi connectivity index (χ2n) is 7.56. The third-order valence-electron chi connectivity index (χ3n) is 5.23. The standard InChI is InChI=1S/C26H25N5O5S/c1-34-21-11-9-17(13-20(21)32)15-27-28-24(33)16-37-26-30-29-25(31(26)19-7-5-4-6-8-19)18-10-12-22(35-2)23(14-18)36-3/h4-15,32H,16H2,1-3H3,(H,28,33)/b27-15+. The van der Waals surface area contributed by atoms with Crippen LogP contribution in [0.5, 0.6) is 23.0 Å². The van der Waals surface area contributed by atoms with Crippen LogP contribution in [-0.2, 0) is 4.79 Å². The van der Waals surface area contributed by atoms with Gasteiger partial charge in [-0.3, -0.25) is 9.36 Å². The van der Waals surface area contributed by atoms with E-state index in [1.54, 1.807) is 32.4 Å². The van der Waals surface area contributed by atoms with E-state index >= 15 is 0 Å². The predicted molar refractivity (Wildman–Crippen MR) is 141 cm³/mol. The highest BCUT2D eigenvalue weighted by Gasteiger charge is 2.18. The van der Waals surface area contributed by atoms with Gasteiger partial charge in [0.15, 0.2) is 34.0 Å². The summed E-state index contributed by atoms with van der Waals surface area (Å²) in [7, 11) is 4.62. The zero-order valence-electron chi connectivity index (χ0n) is 20.4. The molecule has 0 atom stereocenters. The number of phenolic OH excluding ortho intramolecular Hbond substituents is 1. The van der Waals surface area contributed by atoms with Crippen LogP contribution in [0.4, 0.5) is 0 Å². The molecule has 0 saturated carbocycles. The number of phenols is 1. The summed E-state index contributed by atoms with van der Waals surface area (Å²) in [6, 6.07) is 19.9. The first-order chi connectivity index (χ1) is 18.0. The summed E-state index contributed by atoms with van der Waals surface area (Å²) in [5, 5.41) is 23.1. The molecule has 4 aromatic rings. The zero-order chi connectivity index (χ0) is 26.2. The SMILES string of the molecule is COc1ccc(/C=N/NC(=O)CSc2nnc(-c3ccc(OC)c(OC)c3)n2-c2ccccc2)cc1O. The Morgan fingerprint density at radius 2 is 1.70 bits per heavy atom. The van der Waals surface area contributed by atoms with Crippen molar-refractivity contribution in [2.45, 2.75) is 5.16 Å². The Kier molecular flexibility index (Phi) is 8.26. The van der Waals surface area contributed by atoms with Gasteiger partial charge < -0.3 is 19.3 Å². The summed E-state index contributed by atoms with van der Waals surface area (Å²) in [5.74, 6) is 1.84. The molecule has 0 radical (unpaired) electrons. The number of benzene rings is 3. The van der Waals surface area contributed by atoms with Crippen molar-refractivity contribution < 1.29 is 24.1 Å². The van der Waals surface area contributed by atoms with Crippen LogP contribution in [0.15, 0.2) is 77.0 Å². The monoisotopic (exact) mass is 519 g/mol. The van der Waals surface area contributed by atoms with Gasteiger partial charge in [0.25, 0.3) is 5.91 Å². The van der Waals surface area contributed by atoms with Gasteiger partial charge >= 0.3 is 0 Å². The van der Waals surface area contributed by atoms with E-state index in [0.29, 0.717) is 33.8 Å². The lowest BCUT2D eigenvalue weighted by molar-refractivity contribution is -0.118. The number of carbonyl (C=O) groups is 1. The third-order valence-corrected chi connectivity index (χ3v) is 6.16. The molecular formula is C26H25N5O5S. The molecule has 0 aliphatic carbocycles. The van der Waals surface area contributed by atoms with Crippen molar-refractivity contribution in [3.05, 3.63) is 72.3 Å². The van der Waals surface area contributed by atoms with Crippen molar-refractivity contribution in [1.29, 1.82) is 0 Å². The first-order valence-electron chi connectivity index (χ1n) is 11.1. The van der Waals surface area contributed by atoms with E-state index in [0.717, 1.165) is 11.3 Å². The van der Waals surface area contributed by atoms with Crippen LogP contribution in [0.25, 0.3) is 17.1 Å². The quantitative estimate of drug-likeness (QED) is 0.184. The number of methoxy groups -OCH3 is 3. The topological polar surface area (TPSA) is 120 Å². The Balaban J connectivity index is 1.51. The fourth-order valence-corrected chi connectivity index (χ4v) is 4.21. The number of para-hydroxylation sites is 1. The van der Waals surface area contributed by atoms with Crippen LogP contribution < -0.4 is 19.6 Å². The van der Waals surface area contributed by atoms with Crippen LogP contribution in [0, 0.1) is 0 Å². The molecule has 0 fully saturated rings. The lowest BCUT2D eigenvalue weighted by Crippen LogP contribution is -2.20. The molecule has 0 bridgehead atoms. The fraction of sp³-hybridized carbons (Fsp3) is 0.154. The Labute approximate surface area is 217 Å². The van der Waals surface area contributed by atoms with Gasteiger partial charge in [0.1, 0.15) is 0 Å². The maximum absolute atomic E-state index is 12.4. The Hall–Kier alpha value is -4.51. The van der Waals surface area contributed by atoms with Crippen LogP contribution >= 0.6 is 11.8 Å². The first kappa shape index (κ1) is 25.6. The Morgan fingerprint density at radius 3 is 2.41 bits per heavy atom. The molecule has 1 amide bonds. The summed E-state index contributed by atoms with van der Waals surface area (Å²) < 4.78 is 17.7. The van der Waals surface area contributed by atoms with Gasteiger partial charge in [-0.05, 0) is 54.1 Å². The summed E-state index contributed by atoms with van der Waals surface area (Å²) >= 11 is 1.23. The highest BCUT2D eigenvalue weighted by Crippen LogP contribution is 2.34. The lowest BCUT2D eigenvalue weighted by Gasteiger charge is -2.12. The minimum absolute atomic E-state index is 0.0149. The third kappa shape index (κ3) is 6.01. The van der Waals surface area contributed by atoms with Gasteiger partial charge in [0, 0.05) is 11.3 Å². The lowest BCUT2D eigenvalue weighted by atomic mass is 10.2. The van der Waals surface area contributed by atoms with Gasteiger partial charge in [-0.2, -0.15) is 5.10 Å².